The number of benzene rings is 5. The van der Waals surface area contributed by atoms with Crippen LogP contribution in [0.1, 0.15) is 11.1 Å². The minimum atomic E-state index is 0.151. The molecule has 45 heavy (non-hydrogen) atoms. The van der Waals surface area contributed by atoms with Crippen molar-refractivity contribution in [3.8, 4) is 17.3 Å². The molecule has 7 aromatic rings. The van der Waals surface area contributed by atoms with E-state index in [4.69, 9.17) is 4.74 Å². The highest BCUT2D eigenvalue weighted by Crippen LogP contribution is 2.42. The van der Waals surface area contributed by atoms with Crippen molar-refractivity contribution in [2.45, 2.75) is 13.8 Å². The van der Waals surface area contributed by atoms with Crippen molar-refractivity contribution in [1.29, 1.82) is 0 Å². The number of anilines is 3. The molecule has 0 amide bonds. The molecule has 2 aliphatic rings. The van der Waals surface area contributed by atoms with Crippen LogP contribution < -0.4 is 30.9 Å². The Balaban J connectivity index is 1.18. The molecular weight excluding hydrogens is 551 g/mol. The van der Waals surface area contributed by atoms with E-state index in [1.807, 2.05) is 18.3 Å². The van der Waals surface area contributed by atoms with E-state index in [1.165, 1.54) is 55.3 Å². The van der Waals surface area contributed by atoms with Crippen LogP contribution in [0, 0.1) is 13.8 Å². The smallest absolute Gasteiger partial charge is 0.247 e. The van der Waals surface area contributed by atoms with Gasteiger partial charge in [-0.05, 0) is 67.2 Å². The Hall–Kier alpha value is -5.49. The molecule has 0 saturated carbocycles. The molecule has 2 aliphatic heterocycles. The highest BCUT2D eigenvalue weighted by Gasteiger charge is 2.40. The quantitative estimate of drug-likeness (QED) is 0.210. The van der Waals surface area contributed by atoms with Gasteiger partial charge in [0.15, 0.2) is 0 Å². The molecule has 0 unspecified atom stereocenters. The summed E-state index contributed by atoms with van der Waals surface area (Å²) < 4.78 is 8.90. The SMILES string of the molecule is Cc1cccc(C)c1B1c2ccc(Oc3ccc4c5ccccc5n(-c5ccccn5)c4c3)cc2N2CN(C)c3cccc1c32. The van der Waals surface area contributed by atoms with Gasteiger partial charge in [0.1, 0.15) is 17.3 Å². The van der Waals surface area contributed by atoms with E-state index >= 15 is 0 Å². The minimum Gasteiger partial charge on any atom is -0.457 e. The molecule has 0 radical (unpaired) electrons. The molecule has 6 heteroatoms. The second-order valence-electron chi connectivity index (χ2n) is 12.3. The van der Waals surface area contributed by atoms with E-state index in [2.05, 4.69) is 143 Å². The molecule has 0 fully saturated rings. The largest absolute Gasteiger partial charge is 0.457 e. The topological polar surface area (TPSA) is 33.5 Å². The Morgan fingerprint density at radius 2 is 1.42 bits per heavy atom. The second-order valence-corrected chi connectivity index (χ2v) is 12.3. The number of rotatable bonds is 4. The van der Waals surface area contributed by atoms with Crippen molar-refractivity contribution in [3.05, 3.63) is 133 Å². The minimum absolute atomic E-state index is 0.151. The summed E-state index contributed by atoms with van der Waals surface area (Å²) >= 11 is 0. The van der Waals surface area contributed by atoms with Crippen LogP contribution in [0.25, 0.3) is 27.6 Å². The van der Waals surface area contributed by atoms with Crippen molar-refractivity contribution in [3.63, 3.8) is 0 Å². The van der Waals surface area contributed by atoms with Gasteiger partial charge in [-0.2, -0.15) is 0 Å². The van der Waals surface area contributed by atoms with Gasteiger partial charge in [-0.3, -0.25) is 4.57 Å². The Kier molecular flexibility index (Phi) is 5.63. The summed E-state index contributed by atoms with van der Waals surface area (Å²) in [5.74, 6) is 2.51. The van der Waals surface area contributed by atoms with Gasteiger partial charge >= 0.3 is 0 Å². The number of nitrogens with zero attached hydrogens (tertiary/aromatic N) is 4. The molecular formula is C39H31BN4O. The van der Waals surface area contributed by atoms with E-state index in [9.17, 15) is 0 Å². The summed E-state index contributed by atoms with van der Waals surface area (Å²) in [5, 5.41) is 2.37. The maximum absolute atomic E-state index is 6.68. The average Bonchev–Trinajstić information content (AvgIpc) is 3.58. The standard InChI is InChI=1S/C39H31BN4O/c1-25-10-8-11-26(2)38(25)40-31-20-18-28(23-36(31)43-24-42(3)34-15-9-13-32(40)39(34)43)45-27-17-19-30-29-12-4-5-14-33(29)44(35(30)22-27)37-16-6-7-21-41-37/h4-23H,24H2,1-3H3. The maximum atomic E-state index is 6.68. The number of aryl methyl sites for hydroxylation is 2. The Labute approximate surface area is 263 Å². The zero-order valence-electron chi connectivity index (χ0n) is 25.5. The molecule has 5 aromatic carbocycles. The number of para-hydroxylation sites is 2. The first-order chi connectivity index (χ1) is 22.1. The Bertz CT molecular complexity index is 2270. The number of aromatic nitrogens is 2. The van der Waals surface area contributed by atoms with Gasteiger partial charge in [-0.15, -0.1) is 0 Å². The van der Waals surface area contributed by atoms with Crippen LogP contribution in [-0.2, 0) is 0 Å². The van der Waals surface area contributed by atoms with Crippen molar-refractivity contribution >= 4 is 62.0 Å². The van der Waals surface area contributed by atoms with Crippen molar-refractivity contribution in [2.75, 3.05) is 23.5 Å². The molecule has 0 saturated heterocycles. The summed E-state index contributed by atoms with van der Waals surface area (Å²) in [5.41, 5.74) is 12.7. The fourth-order valence-electron chi connectivity index (χ4n) is 7.65. The first kappa shape index (κ1) is 26.0. The molecule has 0 aliphatic carbocycles. The third-order valence-corrected chi connectivity index (χ3v) is 9.59. The maximum Gasteiger partial charge on any atom is 0.247 e. The lowest BCUT2D eigenvalue weighted by Gasteiger charge is -2.34. The molecule has 0 N–H and O–H groups in total. The van der Waals surface area contributed by atoms with Crippen LogP contribution in [0.2, 0.25) is 0 Å². The highest BCUT2D eigenvalue weighted by molar-refractivity contribution is 6.98. The van der Waals surface area contributed by atoms with Crippen molar-refractivity contribution < 1.29 is 4.74 Å². The lowest BCUT2D eigenvalue weighted by Crippen LogP contribution is -2.58. The van der Waals surface area contributed by atoms with E-state index in [0.717, 1.165) is 35.0 Å². The molecule has 4 heterocycles. The Morgan fingerprint density at radius 3 is 2.27 bits per heavy atom. The van der Waals surface area contributed by atoms with Crippen molar-refractivity contribution in [1.82, 2.24) is 9.55 Å². The lowest BCUT2D eigenvalue weighted by molar-refractivity contribution is 0.483. The van der Waals surface area contributed by atoms with Gasteiger partial charge in [0.2, 0.25) is 6.71 Å². The Morgan fingerprint density at radius 1 is 0.667 bits per heavy atom. The average molecular weight is 583 g/mol. The van der Waals surface area contributed by atoms with Gasteiger partial charge in [0.25, 0.3) is 0 Å². The van der Waals surface area contributed by atoms with Crippen LogP contribution in [0.3, 0.4) is 0 Å². The summed E-state index contributed by atoms with van der Waals surface area (Å²) in [6, 6.07) is 40.9. The van der Waals surface area contributed by atoms with Gasteiger partial charge in [-0.1, -0.05) is 77.3 Å². The molecule has 0 atom stereocenters. The van der Waals surface area contributed by atoms with E-state index in [1.54, 1.807) is 0 Å². The number of pyridine rings is 1. The summed E-state index contributed by atoms with van der Waals surface area (Å²) in [6.07, 6.45) is 1.84. The fourth-order valence-corrected chi connectivity index (χ4v) is 7.65. The van der Waals surface area contributed by atoms with Crippen LogP contribution in [0.5, 0.6) is 11.5 Å². The van der Waals surface area contributed by atoms with Gasteiger partial charge in [-0.25, -0.2) is 4.98 Å². The zero-order chi connectivity index (χ0) is 30.2. The van der Waals surface area contributed by atoms with E-state index < -0.39 is 0 Å². The molecule has 5 nitrogen and oxygen atoms in total. The van der Waals surface area contributed by atoms with Crippen LogP contribution in [0.4, 0.5) is 17.1 Å². The number of fused-ring (bicyclic) bond motifs is 5. The van der Waals surface area contributed by atoms with E-state index in [-0.39, 0.29) is 6.71 Å². The van der Waals surface area contributed by atoms with Crippen LogP contribution in [0.15, 0.2) is 121 Å². The molecule has 0 bridgehead atoms. The molecule has 0 spiro atoms. The van der Waals surface area contributed by atoms with Crippen LogP contribution >= 0.6 is 0 Å². The molecule has 9 rings (SSSR count). The van der Waals surface area contributed by atoms with E-state index in [0.29, 0.717) is 0 Å². The summed E-state index contributed by atoms with van der Waals surface area (Å²) in [6.45, 7) is 5.43. The predicted molar refractivity (Wildman–Crippen MR) is 188 cm³/mol. The second kappa shape index (κ2) is 9.76. The lowest BCUT2D eigenvalue weighted by atomic mass is 9.34. The van der Waals surface area contributed by atoms with Gasteiger partial charge in [0.05, 0.1) is 29.1 Å². The number of hydrogen-bond donors (Lipinski definition) is 0. The first-order valence-corrected chi connectivity index (χ1v) is 15.5. The third kappa shape index (κ3) is 3.85. The molecule has 2 aromatic heterocycles. The third-order valence-electron chi connectivity index (χ3n) is 9.59. The summed E-state index contributed by atoms with van der Waals surface area (Å²) in [4.78, 5) is 9.49. The molecule has 216 valence electrons. The first-order valence-electron chi connectivity index (χ1n) is 15.5. The van der Waals surface area contributed by atoms with Crippen LogP contribution in [-0.4, -0.2) is 30.0 Å². The van der Waals surface area contributed by atoms with Gasteiger partial charge < -0.3 is 14.5 Å². The monoisotopic (exact) mass is 582 g/mol. The number of hydrogen-bond acceptors (Lipinski definition) is 4. The highest BCUT2D eigenvalue weighted by atomic mass is 16.5. The van der Waals surface area contributed by atoms with Crippen molar-refractivity contribution in [2.24, 2.45) is 0 Å². The predicted octanol–water partition coefficient (Wildman–Crippen LogP) is 6.96. The van der Waals surface area contributed by atoms with Gasteiger partial charge in [0, 0.05) is 41.8 Å². The normalized spacial score (nSPS) is 13.4. The zero-order valence-corrected chi connectivity index (χ0v) is 25.5. The fraction of sp³-hybridized carbons (Fsp3) is 0.103. The number of ether oxygens (including phenoxy) is 1. The summed E-state index contributed by atoms with van der Waals surface area (Å²) in [7, 11) is 2.18.